The highest BCUT2D eigenvalue weighted by Crippen LogP contribution is 2.37. The quantitative estimate of drug-likeness (QED) is 0.896. The van der Waals surface area contributed by atoms with Gasteiger partial charge in [-0.15, -0.1) is 0 Å². The number of carbonyl (C=O) groups is 1. The molecule has 2 rings (SSSR count). The van der Waals surface area contributed by atoms with Crippen molar-refractivity contribution in [1.82, 2.24) is 10.2 Å². The van der Waals surface area contributed by atoms with Crippen LogP contribution in [0.1, 0.15) is 31.2 Å². The summed E-state index contributed by atoms with van der Waals surface area (Å²) in [4.78, 5) is 13.5. The Kier molecular flexibility index (Phi) is 5.13. The van der Waals surface area contributed by atoms with Gasteiger partial charge in [0.05, 0.1) is 5.92 Å². The molecule has 1 aromatic rings. The molecule has 0 spiro atoms. The SMILES string of the molecule is CN(Cc1ccsc1)C(=O)NC1CCCC(C(F)(F)F)C1. The first-order valence-electron chi connectivity index (χ1n) is 6.95. The van der Waals surface area contributed by atoms with Gasteiger partial charge in [-0.2, -0.15) is 24.5 Å². The Hall–Kier alpha value is -1.24. The Labute approximate surface area is 126 Å². The number of carbonyl (C=O) groups excluding carboxylic acids is 1. The average molecular weight is 320 g/mol. The van der Waals surface area contributed by atoms with Crippen molar-refractivity contribution < 1.29 is 18.0 Å². The lowest BCUT2D eigenvalue weighted by molar-refractivity contribution is -0.183. The van der Waals surface area contributed by atoms with E-state index in [4.69, 9.17) is 0 Å². The number of alkyl halides is 3. The molecule has 1 N–H and O–H groups in total. The first-order chi connectivity index (χ1) is 9.86. The van der Waals surface area contributed by atoms with Crippen LogP contribution in [0.3, 0.4) is 0 Å². The molecule has 0 aromatic carbocycles. The summed E-state index contributed by atoms with van der Waals surface area (Å²) in [6.07, 6.45) is -2.89. The van der Waals surface area contributed by atoms with E-state index in [1.165, 1.54) is 4.90 Å². The van der Waals surface area contributed by atoms with Crippen molar-refractivity contribution in [2.45, 2.75) is 44.4 Å². The normalized spacial score (nSPS) is 22.9. The number of amides is 2. The Balaban J connectivity index is 1.84. The van der Waals surface area contributed by atoms with Gasteiger partial charge in [0, 0.05) is 19.6 Å². The van der Waals surface area contributed by atoms with Crippen LogP contribution in [-0.2, 0) is 6.54 Å². The Morgan fingerprint density at radius 2 is 2.24 bits per heavy atom. The molecule has 118 valence electrons. The van der Waals surface area contributed by atoms with E-state index in [1.807, 2.05) is 16.8 Å². The highest BCUT2D eigenvalue weighted by molar-refractivity contribution is 7.07. The third-order valence-corrected chi connectivity index (χ3v) is 4.54. The van der Waals surface area contributed by atoms with E-state index in [-0.39, 0.29) is 24.9 Å². The van der Waals surface area contributed by atoms with Crippen LogP contribution in [-0.4, -0.2) is 30.2 Å². The number of hydrogen-bond donors (Lipinski definition) is 1. The van der Waals surface area contributed by atoms with Crippen LogP contribution >= 0.6 is 11.3 Å². The van der Waals surface area contributed by atoms with Gasteiger partial charge < -0.3 is 10.2 Å². The summed E-state index contributed by atoms with van der Waals surface area (Å²) in [5.41, 5.74) is 1.02. The molecule has 2 atom stereocenters. The molecule has 0 radical (unpaired) electrons. The monoisotopic (exact) mass is 320 g/mol. The molecule has 1 saturated carbocycles. The number of thiophene rings is 1. The summed E-state index contributed by atoms with van der Waals surface area (Å²) in [6, 6.07) is 1.23. The maximum absolute atomic E-state index is 12.7. The van der Waals surface area contributed by atoms with E-state index in [2.05, 4.69) is 5.32 Å². The number of halogens is 3. The zero-order valence-corrected chi connectivity index (χ0v) is 12.6. The molecule has 1 aliphatic rings. The van der Waals surface area contributed by atoms with Crippen molar-refractivity contribution in [2.24, 2.45) is 5.92 Å². The maximum atomic E-state index is 12.7. The number of rotatable bonds is 3. The molecular weight excluding hydrogens is 301 g/mol. The molecule has 0 bridgehead atoms. The summed E-state index contributed by atoms with van der Waals surface area (Å²) in [7, 11) is 1.65. The number of hydrogen-bond acceptors (Lipinski definition) is 2. The highest BCUT2D eigenvalue weighted by atomic mass is 32.1. The first-order valence-corrected chi connectivity index (χ1v) is 7.90. The van der Waals surface area contributed by atoms with Crippen molar-refractivity contribution in [1.29, 1.82) is 0 Å². The number of nitrogens with one attached hydrogen (secondary N) is 1. The minimum absolute atomic E-state index is 0.0124. The molecule has 1 heterocycles. The molecule has 7 heteroatoms. The zero-order chi connectivity index (χ0) is 15.5. The predicted octanol–water partition coefficient (Wildman–Crippen LogP) is 4.01. The van der Waals surface area contributed by atoms with Gasteiger partial charge in [0.25, 0.3) is 0 Å². The second-order valence-electron chi connectivity index (χ2n) is 5.54. The van der Waals surface area contributed by atoms with Crippen molar-refractivity contribution >= 4 is 17.4 Å². The second kappa shape index (κ2) is 6.68. The summed E-state index contributed by atoms with van der Waals surface area (Å²) in [5, 5.41) is 6.60. The average Bonchev–Trinajstić information content (AvgIpc) is 2.91. The van der Waals surface area contributed by atoms with Crippen molar-refractivity contribution in [2.75, 3.05) is 7.05 Å². The summed E-state index contributed by atoms with van der Waals surface area (Å²) in [6.45, 7) is 0.463. The van der Waals surface area contributed by atoms with Gasteiger partial charge in [-0.3, -0.25) is 0 Å². The maximum Gasteiger partial charge on any atom is 0.391 e. The lowest BCUT2D eigenvalue weighted by atomic mass is 9.85. The van der Waals surface area contributed by atoms with Crippen LogP contribution in [0, 0.1) is 5.92 Å². The predicted molar refractivity (Wildman–Crippen MR) is 76.1 cm³/mol. The minimum atomic E-state index is -4.16. The highest BCUT2D eigenvalue weighted by Gasteiger charge is 2.42. The molecule has 3 nitrogen and oxygen atoms in total. The smallest absolute Gasteiger partial charge is 0.335 e. The molecule has 0 aliphatic heterocycles. The summed E-state index contributed by atoms with van der Waals surface area (Å²) in [5.74, 6) is -1.29. The summed E-state index contributed by atoms with van der Waals surface area (Å²) < 4.78 is 38.2. The van der Waals surface area contributed by atoms with Gasteiger partial charge in [-0.05, 0) is 41.7 Å². The molecule has 21 heavy (non-hydrogen) atoms. The third kappa shape index (κ3) is 4.62. The third-order valence-electron chi connectivity index (χ3n) is 3.81. The van der Waals surface area contributed by atoms with Gasteiger partial charge >= 0.3 is 12.2 Å². The van der Waals surface area contributed by atoms with E-state index in [1.54, 1.807) is 18.4 Å². The lowest BCUT2D eigenvalue weighted by Crippen LogP contribution is -2.46. The number of urea groups is 1. The van der Waals surface area contributed by atoms with Crippen LogP contribution in [0.15, 0.2) is 16.8 Å². The topological polar surface area (TPSA) is 32.3 Å². The minimum Gasteiger partial charge on any atom is -0.335 e. The number of nitrogens with zero attached hydrogens (tertiary/aromatic N) is 1. The van der Waals surface area contributed by atoms with Crippen LogP contribution < -0.4 is 5.32 Å². The van der Waals surface area contributed by atoms with Gasteiger partial charge in [-0.1, -0.05) is 6.42 Å². The molecule has 1 aromatic heterocycles. The molecule has 2 amide bonds. The van der Waals surface area contributed by atoms with Crippen LogP contribution in [0.5, 0.6) is 0 Å². The van der Waals surface area contributed by atoms with Crippen molar-refractivity contribution in [3.63, 3.8) is 0 Å². The van der Waals surface area contributed by atoms with Crippen molar-refractivity contribution in [3.05, 3.63) is 22.4 Å². The molecule has 1 fully saturated rings. The van der Waals surface area contributed by atoms with Gasteiger partial charge in [-0.25, -0.2) is 4.79 Å². The largest absolute Gasteiger partial charge is 0.391 e. The fourth-order valence-electron chi connectivity index (χ4n) is 2.63. The van der Waals surface area contributed by atoms with E-state index in [9.17, 15) is 18.0 Å². The molecular formula is C14H19F3N2OS. The standard InChI is InChI=1S/C14H19F3N2OS/c1-19(8-10-5-6-21-9-10)13(20)18-12-4-2-3-11(7-12)14(15,16)17/h5-6,9,11-12H,2-4,7-8H2,1H3,(H,18,20). The Bertz CT molecular complexity index is 461. The fraction of sp³-hybridized carbons (Fsp3) is 0.643. The van der Waals surface area contributed by atoms with Crippen LogP contribution in [0.2, 0.25) is 0 Å². The van der Waals surface area contributed by atoms with E-state index < -0.39 is 12.1 Å². The van der Waals surface area contributed by atoms with Crippen LogP contribution in [0.25, 0.3) is 0 Å². The lowest BCUT2D eigenvalue weighted by Gasteiger charge is -2.32. The molecule has 0 saturated heterocycles. The first kappa shape index (κ1) is 16.1. The summed E-state index contributed by atoms with van der Waals surface area (Å²) >= 11 is 1.55. The second-order valence-corrected chi connectivity index (χ2v) is 6.32. The van der Waals surface area contributed by atoms with Crippen molar-refractivity contribution in [3.8, 4) is 0 Å². The van der Waals surface area contributed by atoms with Gasteiger partial charge in [0.1, 0.15) is 0 Å². The Morgan fingerprint density at radius 3 is 2.86 bits per heavy atom. The molecule has 2 unspecified atom stereocenters. The Morgan fingerprint density at radius 1 is 1.48 bits per heavy atom. The van der Waals surface area contributed by atoms with Crippen LogP contribution in [0.4, 0.5) is 18.0 Å². The zero-order valence-electron chi connectivity index (χ0n) is 11.8. The van der Waals surface area contributed by atoms with E-state index in [0.717, 1.165) is 5.56 Å². The van der Waals surface area contributed by atoms with Gasteiger partial charge in [0.2, 0.25) is 0 Å². The fourth-order valence-corrected chi connectivity index (χ4v) is 3.29. The van der Waals surface area contributed by atoms with E-state index in [0.29, 0.717) is 19.4 Å². The molecule has 1 aliphatic carbocycles. The van der Waals surface area contributed by atoms with Gasteiger partial charge in [0.15, 0.2) is 0 Å². The van der Waals surface area contributed by atoms with E-state index >= 15 is 0 Å².